The zero-order chi connectivity index (χ0) is 12.2. The molecule has 16 heavy (non-hydrogen) atoms. The molecule has 0 fully saturated rings. The van der Waals surface area contributed by atoms with Crippen molar-refractivity contribution in [3.63, 3.8) is 0 Å². The largest absolute Gasteiger partial charge is 0.399 e. The Balaban J connectivity index is 2.37. The molecule has 2 N–H and O–H groups in total. The molecular formula is C10H11BrF3NO. The quantitative estimate of drug-likeness (QED) is 0.682. The summed E-state index contributed by atoms with van der Waals surface area (Å²) in [5.41, 5.74) is 6.86. The first-order chi connectivity index (χ1) is 7.37. The summed E-state index contributed by atoms with van der Waals surface area (Å²) in [5, 5.41) is 0. The third-order valence-electron chi connectivity index (χ3n) is 1.78. The molecule has 0 bridgehead atoms. The van der Waals surface area contributed by atoms with Gasteiger partial charge in [0.25, 0.3) is 0 Å². The van der Waals surface area contributed by atoms with Gasteiger partial charge < -0.3 is 10.5 Å². The minimum atomic E-state index is -4.17. The fourth-order valence-corrected chi connectivity index (χ4v) is 1.70. The molecule has 0 aliphatic rings. The molecule has 1 rings (SSSR count). The van der Waals surface area contributed by atoms with Crippen molar-refractivity contribution in [3.8, 4) is 0 Å². The monoisotopic (exact) mass is 297 g/mol. The molecule has 0 saturated heterocycles. The minimum Gasteiger partial charge on any atom is -0.399 e. The molecule has 0 radical (unpaired) electrons. The summed E-state index contributed by atoms with van der Waals surface area (Å²) in [4.78, 5) is 0. The summed E-state index contributed by atoms with van der Waals surface area (Å²) in [6, 6.07) is 5.13. The van der Waals surface area contributed by atoms with Gasteiger partial charge in [0.05, 0.1) is 19.6 Å². The topological polar surface area (TPSA) is 35.2 Å². The predicted molar refractivity (Wildman–Crippen MR) is 58.9 cm³/mol. The summed E-state index contributed by atoms with van der Waals surface area (Å²) in [7, 11) is 0. The Morgan fingerprint density at radius 3 is 2.50 bits per heavy atom. The van der Waals surface area contributed by atoms with Gasteiger partial charge in [0.2, 0.25) is 0 Å². The van der Waals surface area contributed by atoms with Gasteiger partial charge in [0, 0.05) is 10.2 Å². The molecule has 0 saturated carbocycles. The smallest absolute Gasteiger partial charge is 0.391 e. The summed E-state index contributed by atoms with van der Waals surface area (Å²) < 4.78 is 41.1. The molecule has 6 heteroatoms. The summed E-state index contributed by atoms with van der Waals surface area (Å²) >= 11 is 3.24. The average Bonchev–Trinajstić information content (AvgIpc) is 2.09. The lowest BCUT2D eigenvalue weighted by Crippen LogP contribution is -2.11. The second kappa shape index (κ2) is 5.54. The third kappa shape index (κ3) is 5.37. The van der Waals surface area contributed by atoms with Gasteiger partial charge in [-0.1, -0.05) is 15.9 Å². The van der Waals surface area contributed by atoms with E-state index in [9.17, 15) is 13.2 Å². The Morgan fingerprint density at radius 2 is 1.94 bits per heavy atom. The third-order valence-corrected chi connectivity index (χ3v) is 2.24. The van der Waals surface area contributed by atoms with Crippen LogP contribution in [0, 0.1) is 0 Å². The second-order valence-corrected chi connectivity index (χ2v) is 4.23. The molecule has 0 aliphatic carbocycles. The number of alkyl halides is 3. The fraction of sp³-hybridized carbons (Fsp3) is 0.400. The zero-order valence-corrected chi connectivity index (χ0v) is 9.94. The van der Waals surface area contributed by atoms with Crippen LogP contribution in [0.1, 0.15) is 12.0 Å². The van der Waals surface area contributed by atoms with E-state index in [4.69, 9.17) is 10.5 Å². The first kappa shape index (κ1) is 13.3. The lowest BCUT2D eigenvalue weighted by molar-refractivity contribution is -0.146. The van der Waals surface area contributed by atoms with Crippen molar-refractivity contribution in [2.24, 2.45) is 0 Å². The number of hydrogen-bond donors (Lipinski definition) is 1. The lowest BCUT2D eigenvalue weighted by Gasteiger charge is -2.08. The SMILES string of the molecule is Nc1cc(Br)cc(COCCC(F)(F)F)c1. The van der Waals surface area contributed by atoms with E-state index < -0.39 is 12.6 Å². The van der Waals surface area contributed by atoms with Gasteiger partial charge in [-0.15, -0.1) is 0 Å². The average molecular weight is 298 g/mol. The van der Waals surface area contributed by atoms with Gasteiger partial charge in [0.1, 0.15) is 0 Å². The van der Waals surface area contributed by atoms with Gasteiger partial charge in [-0.05, 0) is 23.8 Å². The van der Waals surface area contributed by atoms with Gasteiger partial charge in [-0.25, -0.2) is 0 Å². The molecule has 1 aromatic rings. The summed E-state index contributed by atoms with van der Waals surface area (Å²) in [6.45, 7) is -0.213. The maximum atomic E-state index is 11.8. The van der Waals surface area contributed by atoms with Crippen molar-refractivity contribution in [3.05, 3.63) is 28.2 Å². The van der Waals surface area contributed by atoms with Gasteiger partial charge in [-0.2, -0.15) is 13.2 Å². The highest BCUT2D eigenvalue weighted by molar-refractivity contribution is 9.10. The summed E-state index contributed by atoms with van der Waals surface area (Å²) in [6.07, 6.45) is -5.10. The minimum absolute atomic E-state index is 0.125. The van der Waals surface area contributed by atoms with Crippen molar-refractivity contribution in [1.29, 1.82) is 0 Å². The lowest BCUT2D eigenvalue weighted by atomic mass is 10.2. The Bertz CT molecular complexity index is 334. The van der Waals surface area contributed by atoms with Crippen LogP contribution in [0.3, 0.4) is 0 Å². The van der Waals surface area contributed by atoms with E-state index in [-0.39, 0.29) is 13.2 Å². The van der Waals surface area contributed by atoms with Crippen LogP contribution in [0.4, 0.5) is 18.9 Å². The van der Waals surface area contributed by atoms with E-state index in [0.29, 0.717) is 5.69 Å². The van der Waals surface area contributed by atoms with Crippen LogP contribution in [0.2, 0.25) is 0 Å². The van der Waals surface area contributed by atoms with E-state index in [1.807, 2.05) is 0 Å². The highest BCUT2D eigenvalue weighted by Crippen LogP contribution is 2.20. The van der Waals surface area contributed by atoms with Gasteiger partial charge in [-0.3, -0.25) is 0 Å². The van der Waals surface area contributed by atoms with Crippen molar-refractivity contribution in [1.82, 2.24) is 0 Å². The molecule has 0 unspecified atom stereocenters. The number of rotatable bonds is 4. The number of hydrogen-bond acceptors (Lipinski definition) is 2. The standard InChI is InChI=1S/C10H11BrF3NO/c11-8-3-7(4-9(15)5-8)6-16-2-1-10(12,13)14/h3-5H,1-2,6,15H2. The number of anilines is 1. The van der Waals surface area contributed by atoms with E-state index in [1.54, 1.807) is 18.2 Å². The molecule has 90 valence electrons. The summed E-state index contributed by atoms with van der Waals surface area (Å²) in [5.74, 6) is 0. The molecule has 0 atom stereocenters. The van der Waals surface area contributed by atoms with Crippen molar-refractivity contribution < 1.29 is 17.9 Å². The molecule has 1 aromatic carbocycles. The van der Waals surface area contributed by atoms with E-state index in [1.165, 1.54) is 0 Å². The highest BCUT2D eigenvalue weighted by atomic mass is 79.9. The molecule has 0 aliphatic heterocycles. The maximum absolute atomic E-state index is 11.8. The Hall–Kier alpha value is -0.750. The Morgan fingerprint density at radius 1 is 1.25 bits per heavy atom. The molecule has 0 amide bonds. The Kier molecular flexibility index (Phi) is 4.61. The molecule has 2 nitrogen and oxygen atoms in total. The van der Waals surface area contributed by atoms with Crippen LogP contribution in [0.15, 0.2) is 22.7 Å². The Labute approximate surface area is 99.7 Å². The van der Waals surface area contributed by atoms with E-state index in [2.05, 4.69) is 15.9 Å². The van der Waals surface area contributed by atoms with Crippen molar-refractivity contribution >= 4 is 21.6 Å². The normalized spacial score (nSPS) is 11.8. The van der Waals surface area contributed by atoms with Crippen molar-refractivity contribution in [2.75, 3.05) is 12.3 Å². The predicted octanol–water partition coefficient (Wildman–Crippen LogP) is 3.50. The van der Waals surface area contributed by atoms with Gasteiger partial charge in [0.15, 0.2) is 0 Å². The number of benzene rings is 1. The molecule has 0 aromatic heterocycles. The maximum Gasteiger partial charge on any atom is 0.391 e. The number of nitrogens with two attached hydrogens (primary N) is 1. The van der Waals surface area contributed by atoms with E-state index in [0.717, 1.165) is 10.0 Å². The molecular weight excluding hydrogens is 287 g/mol. The molecule has 0 heterocycles. The zero-order valence-electron chi connectivity index (χ0n) is 8.35. The van der Waals surface area contributed by atoms with Crippen LogP contribution >= 0.6 is 15.9 Å². The fourth-order valence-electron chi connectivity index (χ4n) is 1.14. The number of halogens is 4. The first-order valence-electron chi connectivity index (χ1n) is 4.56. The number of nitrogen functional groups attached to an aromatic ring is 1. The van der Waals surface area contributed by atoms with Crippen LogP contribution in [-0.2, 0) is 11.3 Å². The van der Waals surface area contributed by atoms with Crippen LogP contribution < -0.4 is 5.73 Å². The number of ether oxygens (including phenoxy) is 1. The van der Waals surface area contributed by atoms with Crippen molar-refractivity contribution in [2.45, 2.75) is 19.2 Å². The van der Waals surface area contributed by atoms with E-state index >= 15 is 0 Å². The van der Waals surface area contributed by atoms with Gasteiger partial charge >= 0.3 is 6.18 Å². The highest BCUT2D eigenvalue weighted by Gasteiger charge is 2.26. The first-order valence-corrected chi connectivity index (χ1v) is 5.35. The molecule has 0 spiro atoms. The van der Waals surface area contributed by atoms with Crippen LogP contribution in [0.25, 0.3) is 0 Å². The van der Waals surface area contributed by atoms with Crippen LogP contribution in [-0.4, -0.2) is 12.8 Å². The van der Waals surface area contributed by atoms with Crippen LogP contribution in [0.5, 0.6) is 0 Å². The second-order valence-electron chi connectivity index (χ2n) is 3.31.